The molecule has 0 unspecified atom stereocenters. The second kappa shape index (κ2) is 7.87. The molecule has 0 N–H and O–H groups in total. The third-order valence-electron chi connectivity index (χ3n) is 5.64. The Labute approximate surface area is 151 Å². The lowest BCUT2D eigenvalue weighted by atomic mass is 9.99. The minimum atomic E-state index is 0.135. The zero-order valence-electron chi connectivity index (χ0n) is 16.1. The van der Waals surface area contributed by atoms with Gasteiger partial charge in [-0.2, -0.15) is 5.10 Å². The molecule has 0 aromatic carbocycles. The first-order valence-electron chi connectivity index (χ1n) is 9.73. The van der Waals surface area contributed by atoms with Crippen LogP contribution in [-0.4, -0.2) is 70.9 Å². The number of nitrogens with zero attached hydrogens (tertiary/aromatic N) is 4. The molecule has 2 fully saturated rings. The number of aryl methyl sites for hydroxylation is 1. The first-order chi connectivity index (χ1) is 12.0. The second-order valence-corrected chi connectivity index (χ2v) is 7.52. The van der Waals surface area contributed by atoms with E-state index in [0.717, 1.165) is 63.7 Å². The van der Waals surface area contributed by atoms with Gasteiger partial charge in [0, 0.05) is 38.8 Å². The average molecular weight is 348 g/mol. The minimum absolute atomic E-state index is 0.135. The minimum Gasteiger partial charge on any atom is -0.379 e. The Morgan fingerprint density at radius 3 is 2.60 bits per heavy atom. The SMILES string of the molecule is CC[C@H]1CN(C(=O)c2cc(C(C)C)nn2CC)C[C@@H]1N1CCOCC1. The third-order valence-corrected chi connectivity index (χ3v) is 5.64. The molecule has 3 heterocycles. The van der Waals surface area contributed by atoms with Gasteiger partial charge in [0.05, 0.1) is 18.9 Å². The molecule has 6 nitrogen and oxygen atoms in total. The van der Waals surface area contributed by atoms with Crippen molar-refractivity contribution in [3.05, 3.63) is 17.5 Å². The van der Waals surface area contributed by atoms with E-state index in [9.17, 15) is 4.79 Å². The molecular weight excluding hydrogens is 316 g/mol. The summed E-state index contributed by atoms with van der Waals surface area (Å²) < 4.78 is 7.36. The summed E-state index contributed by atoms with van der Waals surface area (Å²) in [5.74, 6) is 1.02. The smallest absolute Gasteiger partial charge is 0.272 e. The van der Waals surface area contributed by atoms with Gasteiger partial charge >= 0.3 is 0 Å². The fourth-order valence-corrected chi connectivity index (χ4v) is 4.04. The van der Waals surface area contributed by atoms with Crippen LogP contribution in [0, 0.1) is 5.92 Å². The molecule has 140 valence electrons. The quantitative estimate of drug-likeness (QED) is 0.819. The number of amides is 1. The first kappa shape index (κ1) is 18.4. The van der Waals surface area contributed by atoms with Gasteiger partial charge < -0.3 is 9.64 Å². The number of carbonyl (C=O) groups excluding carboxylic acids is 1. The van der Waals surface area contributed by atoms with Gasteiger partial charge in [-0.25, -0.2) is 0 Å². The molecule has 2 aliphatic rings. The van der Waals surface area contributed by atoms with Gasteiger partial charge in [-0.3, -0.25) is 14.4 Å². The van der Waals surface area contributed by atoms with Gasteiger partial charge in [0.25, 0.3) is 5.91 Å². The normalized spacial score (nSPS) is 25.1. The number of likely N-dealkylation sites (tertiary alicyclic amines) is 1. The van der Waals surface area contributed by atoms with Gasteiger partial charge in [0.15, 0.2) is 0 Å². The zero-order chi connectivity index (χ0) is 18.0. The van der Waals surface area contributed by atoms with Crippen molar-refractivity contribution in [2.45, 2.75) is 52.6 Å². The molecule has 0 radical (unpaired) electrons. The van der Waals surface area contributed by atoms with Crippen LogP contribution < -0.4 is 0 Å². The van der Waals surface area contributed by atoms with Gasteiger partial charge in [-0.15, -0.1) is 0 Å². The van der Waals surface area contributed by atoms with Crippen molar-refractivity contribution in [1.29, 1.82) is 0 Å². The number of ether oxygens (including phenoxy) is 1. The van der Waals surface area contributed by atoms with Crippen LogP contribution in [0.2, 0.25) is 0 Å². The second-order valence-electron chi connectivity index (χ2n) is 7.52. The molecule has 0 spiro atoms. The summed E-state index contributed by atoms with van der Waals surface area (Å²) in [4.78, 5) is 17.7. The molecule has 2 atom stereocenters. The summed E-state index contributed by atoms with van der Waals surface area (Å²) in [5.41, 5.74) is 1.74. The topological polar surface area (TPSA) is 50.6 Å². The lowest BCUT2D eigenvalue weighted by Crippen LogP contribution is -2.47. The van der Waals surface area contributed by atoms with Crippen molar-refractivity contribution in [3.63, 3.8) is 0 Å². The number of hydrogen-bond donors (Lipinski definition) is 0. The standard InChI is InChI=1S/C19H32N4O2/c1-5-15-12-22(13-18(15)21-7-9-25-10-8-21)19(24)17-11-16(14(3)4)20-23(17)6-2/h11,14-15,18H,5-10,12-13H2,1-4H3/t15-,18-/m0/s1. The van der Waals surface area contributed by atoms with E-state index in [4.69, 9.17) is 4.74 Å². The van der Waals surface area contributed by atoms with Crippen LogP contribution in [0.1, 0.15) is 56.2 Å². The van der Waals surface area contributed by atoms with E-state index in [1.165, 1.54) is 0 Å². The molecule has 2 saturated heterocycles. The van der Waals surface area contributed by atoms with Crippen molar-refractivity contribution in [1.82, 2.24) is 19.6 Å². The van der Waals surface area contributed by atoms with E-state index in [2.05, 4.69) is 30.8 Å². The molecule has 0 bridgehead atoms. The monoisotopic (exact) mass is 348 g/mol. The predicted octanol–water partition coefficient (Wildman–Crippen LogP) is 2.21. The van der Waals surface area contributed by atoms with Gasteiger partial charge in [0.2, 0.25) is 0 Å². The van der Waals surface area contributed by atoms with Crippen LogP contribution in [0.5, 0.6) is 0 Å². The van der Waals surface area contributed by atoms with E-state index in [-0.39, 0.29) is 5.91 Å². The van der Waals surface area contributed by atoms with Crippen molar-refractivity contribution in [2.75, 3.05) is 39.4 Å². The van der Waals surface area contributed by atoms with Crippen molar-refractivity contribution >= 4 is 5.91 Å². The largest absolute Gasteiger partial charge is 0.379 e. The Bertz CT molecular complexity index is 592. The first-order valence-corrected chi connectivity index (χ1v) is 9.73. The predicted molar refractivity (Wildman–Crippen MR) is 97.9 cm³/mol. The molecule has 1 aromatic heterocycles. The summed E-state index contributed by atoms with van der Waals surface area (Å²) in [6.07, 6.45) is 1.11. The molecule has 25 heavy (non-hydrogen) atoms. The Morgan fingerprint density at radius 2 is 2.00 bits per heavy atom. The molecular formula is C19H32N4O2. The Balaban J connectivity index is 1.76. The highest BCUT2D eigenvalue weighted by Crippen LogP contribution is 2.27. The molecule has 6 heteroatoms. The van der Waals surface area contributed by atoms with Crippen LogP contribution in [-0.2, 0) is 11.3 Å². The molecule has 1 amide bonds. The number of carbonyl (C=O) groups is 1. The van der Waals surface area contributed by atoms with Crippen LogP contribution in [0.3, 0.4) is 0 Å². The number of morpholine rings is 1. The summed E-state index contributed by atoms with van der Waals surface area (Å²) in [6, 6.07) is 2.44. The van der Waals surface area contributed by atoms with Crippen molar-refractivity contribution < 1.29 is 9.53 Å². The molecule has 0 aliphatic carbocycles. The Kier molecular flexibility index (Phi) is 5.79. The molecule has 0 saturated carbocycles. The van der Waals surface area contributed by atoms with Crippen LogP contribution in [0.15, 0.2) is 6.07 Å². The maximum Gasteiger partial charge on any atom is 0.272 e. The molecule has 2 aliphatic heterocycles. The number of rotatable bonds is 5. The summed E-state index contributed by atoms with van der Waals surface area (Å²) in [7, 11) is 0. The molecule has 1 aromatic rings. The van der Waals surface area contributed by atoms with Crippen molar-refractivity contribution in [3.8, 4) is 0 Å². The van der Waals surface area contributed by atoms with Crippen LogP contribution in [0.4, 0.5) is 0 Å². The number of aromatic nitrogens is 2. The third kappa shape index (κ3) is 3.75. The average Bonchev–Trinajstić information content (AvgIpc) is 3.26. The van der Waals surface area contributed by atoms with Crippen LogP contribution in [0.25, 0.3) is 0 Å². The number of hydrogen-bond acceptors (Lipinski definition) is 4. The lowest BCUT2D eigenvalue weighted by Gasteiger charge is -2.34. The van der Waals surface area contributed by atoms with Gasteiger partial charge in [0.1, 0.15) is 5.69 Å². The Hall–Kier alpha value is -1.40. The fraction of sp³-hybridized carbons (Fsp3) is 0.789. The zero-order valence-corrected chi connectivity index (χ0v) is 16.1. The van der Waals surface area contributed by atoms with Gasteiger partial charge in [-0.05, 0) is 24.8 Å². The van der Waals surface area contributed by atoms with E-state index >= 15 is 0 Å². The fourth-order valence-electron chi connectivity index (χ4n) is 4.04. The lowest BCUT2D eigenvalue weighted by molar-refractivity contribution is 0.0102. The maximum absolute atomic E-state index is 13.2. The highest BCUT2D eigenvalue weighted by atomic mass is 16.5. The van der Waals surface area contributed by atoms with E-state index in [0.29, 0.717) is 17.9 Å². The highest BCUT2D eigenvalue weighted by Gasteiger charge is 2.39. The van der Waals surface area contributed by atoms with E-state index < -0.39 is 0 Å². The Morgan fingerprint density at radius 1 is 1.28 bits per heavy atom. The van der Waals surface area contributed by atoms with Gasteiger partial charge in [-0.1, -0.05) is 27.2 Å². The van der Waals surface area contributed by atoms with Crippen molar-refractivity contribution in [2.24, 2.45) is 5.92 Å². The summed E-state index contributed by atoms with van der Waals surface area (Å²) in [5, 5.41) is 4.61. The maximum atomic E-state index is 13.2. The van der Waals surface area contributed by atoms with E-state index in [1.54, 1.807) is 0 Å². The van der Waals surface area contributed by atoms with E-state index in [1.807, 2.05) is 22.6 Å². The highest BCUT2D eigenvalue weighted by molar-refractivity contribution is 5.93. The molecule has 3 rings (SSSR count). The van der Waals surface area contributed by atoms with Crippen LogP contribution >= 0.6 is 0 Å². The summed E-state index contributed by atoms with van der Waals surface area (Å²) in [6.45, 7) is 14.5. The summed E-state index contributed by atoms with van der Waals surface area (Å²) >= 11 is 0.